The number of likely N-dealkylation sites (tertiary alicyclic amines) is 1. The predicted molar refractivity (Wildman–Crippen MR) is 151 cm³/mol. The normalized spacial score (nSPS) is 19.2. The van der Waals surface area contributed by atoms with E-state index in [2.05, 4.69) is 54.7 Å². The quantitative estimate of drug-likeness (QED) is 0.449. The van der Waals surface area contributed by atoms with Crippen LogP contribution in [-0.2, 0) is 4.74 Å². The first kappa shape index (κ1) is 25.7. The van der Waals surface area contributed by atoms with Crippen molar-refractivity contribution in [3.8, 4) is 11.3 Å². The van der Waals surface area contributed by atoms with Crippen LogP contribution in [0.15, 0.2) is 53.3 Å². The smallest absolute Gasteiger partial charge is 0.409 e. The van der Waals surface area contributed by atoms with Gasteiger partial charge in [0.2, 0.25) is 0 Å². The van der Waals surface area contributed by atoms with E-state index in [0.717, 1.165) is 51.9 Å². The fraction of sp³-hybridized carbons (Fsp3) is 0.500. The maximum absolute atomic E-state index is 12.2. The number of piperidine rings is 1. The first-order chi connectivity index (χ1) is 18.1. The molecule has 3 aliphatic rings. The van der Waals surface area contributed by atoms with Gasteiger partial charge in [-0.2, -0.15) is 0 Å². The van der Waals surface area contributed by atoms with Crippen LogP contribution in [0.5, 0.6) is 0 Å². The van der Waals surface area contributed by atoms with Gasteiger partial charge in [0.05, 0.1) is 27.9 Å². The average Bonchev–Trinajstić information content (AvgIpc) is 3.24. The fourth-order valence-electron chi connectivity index (χ4n) is 5.44. The lowest BCUT2D eigenvalue weighted by atomic mass is 9.95. The highest BCUT2D eigenvalue weighted by atomic mass is 32.1. The summed E-state index contributed by atoms with van der Waals surface area (Å²) in [6.45, 7) is 5.80. The number of rotatable bonds is 6. The molecular formula is C30H38N4O2S. The highest BCUT2D eigenvalue weighted by Crippen LogP contribution is 2.37. The summed E-state index contributed by atoms with van der Waals surface area (Å²) < 4.78 is 5.21. The lowest BCUT2D eigenvalue weighted by molar-refractivity contribution is 0.0970. The van der Waals surface area contributed by atoms with E-state index in [1.807, 2.05) is 11.8 Å². The third kappa shape index (κ3) is 6.32. The number of ether oxygens (including phenoxy) is 1. The van der Waals surface area contributed by atoms with Crippen molar-refractivity contribution in [2.45, 2.75) is 77.2 Å². The highest BCUT2D eigenvalue weighted by Gasteiger charge is 2.28. The standard InChI is InChI=1S/C30H38N4O2S/c1-3-36-30(35)34-18-16-22(17-19-34)29-33-27(23-11-9-10-21(2)20-23)28(37-29)25-14-7-8-15-26(32-25)31-24-12-5-4-6-13-24/h7,9-11,14-15,20,22,24,31H,3-6,8,12-13,16-19H2,1-2H3. The number of hydrogen-bond acceptors (Lipinski definition) is 6. The summed E-state index contributed by atoms with van der Waals surface area (Å²) >= 11 is 1.77. The van der Waals surface area contributed by atoms with E-state index in [1.54, 1.807) is 11.3 Å². The molecule has 1 aromatic carbocycles. The molecule has 0 radical (unpaired) electrons. The van der Waals surface area contributed by atoms with Gasteiger partial charge < -0.3 is 15.0 Å². The molecule has 6 nitrogen and oxygen atoms in total. The molecule has 1 saturated carbocycles. The molecule has 196 valence electrons. The van der Waals surface area contributed by atoms with Crippen LogP contribution in [0.1, 0.15) is 79.7 Å². The van der Waals surface area contributed by atoms with Crippen molar-refractivity contribution in [2.75, 3.05) is 19.7 Å². The number of thiazole rings is 1. The molecule has 2 aromatic rings. The van der Waals surface area contributed by atoms with E-state index in [9.17, 15) is 4.79 Å². The van der Waals surface area contributed by atoms with Crippen LogP contribution < -0.4 is 5.32 Å². The molecule has 0 bridgehead atoms. The summed E-state index contributed by atoms with van der Waals surface area (Å²) in [7, 11) is 0. The van der Waals surface area contributed by atoms with Crippen LogP contribution >= 0.6 is 11.3 Å². The van der Waals surface area contributed by atoms with Gasteiger partial charge in [0.25, 0.3) is 0 Å². The van der Waals surface area contributed by atoms with Crippen molar-refractivity contribution in [1.82, 2.24) is 15.2 Å². The monoisotopic (exact) mass is 518 g/mol. The number of allylic oxidation sites excluding steroid dienone is 3. The van der Waals surface area contributed by atoms with Crippen molar-refractivity contribution in [2.24, 2.45) is 4.99 Å². The molecule has 1 saturated heterocycles. The lowest BCUT2D eigenvalue weighted by Gasteiger charge is -2.30. The molecule has 2 fully saturated rings. The Morgan fingerprint density at radius 3 is 2.73 bits per heavy atom. The predicted octanol–water partition coefficient (Wildman–Crippen LogP) is 6.97. The molecule has 1 N–H and O–H groups in total. The number of carbonyl (C=O) groups excluding carboxylic acids is 1. The van der Waals surface area contributed by atoms with Crippen LogP contribution in [0.2, 0.25) is 0 Å². The zero-order valence-corrected chi connectivity index (χ0v) is 22.9. The maximum atomic E-state index is 12.2. The fourth-order valence-corrected chi connectivity index (χ4v) is 6.67. The topological polar surface area (TPSA) is 66.8 Å². The second kappa shape index (κ2) is 12.1. The Labute approximate surface area is 224 Å². The van der Waals surface area contributed by atoms with Gasteiger partial charge in [-0.15, -0.1) is 11.3 Å². The number of hydrogen-bond donors (Lipinski definition) is 1. The van der Waals surface area contributed by atoms with Crippen molar-refractivity contribution in [3.63, 3.8) is 0 Å². The minimum Gasteiger partial charge on any atom is -0.450 e. The number of aryl methyl sites for hydroxylation is 1. The van der Waals surface area contributed by atoms with E-state index in [0.29, 0.717) is 31.7 Å². The molecule has 37 heavy (non-hydrogen) atoms. The Balaban J connectivity index is 1.43. The van der Waals surface area contributed by atoms with Crippen LogP contribution in [0, 0.1) is 6.92 Å². The largest absolute Gasteiger partial charge is 0.450 e. The molecule has 2 aliphatic heterocycles. The average molecular weight is 519 g/mol. The van der Waals surface area contributed by atoms with E-state index >= 15 is 0 Å². The molecule has 1 aliphatic carbocycles. The van der Waals surface area contributed by atoms with Crippen LogP contribution in [0.25, 0.3) is 11.3 Å². The molecule has 0 spiro atoms. The Morgan fingerprint density at radius 2 is 1.97 bits per heavy atom. The summed E-state index contributed by atoms with van der Waals surface area (Å²) in [6, 6.07) is 9.10. The Hall–Kier alpha value is -2.93. The van der Waals surface area contributed by atoms with Crippen LogP contribution in [0.3, 0.4) is 0 Å². The van der Waals surface area contributed by atoms with Gasteiger partial charge in [0.1, 0.15) is 5.82 Å². The summed E-state index contributed by atoms with van der Waals surface area (Å²) in [5, 5.41) is 4.87. The zero-order valence-electron chi connectivity index (χ0n) is 22.0. The number of aliphatic imine (C=N–C) groups is 1. The van der Waals surface area contributed by atoms with Crippen molar-refractivity contribution in [1.29, 1.82) is 0 Å². The number of nitrogens with zero attached hydrogens (tertiary/aromatic N) is 3. The second-order valence-electron chi connectivity index (χ2n) is 10.3. The van der Waals surface area contributed by atoms with E-state index < -0.39 is 0 Å². The Kier molecular flexibility index (Phi) is 8.39. The summed E-state index contributed by atoms with van der Waals surface area (Å²) in [5.74, 6) is 1.32. The minimum atomic E-state index is -0.205. The molecule has 7 heteroatoms. The van der Waals surface area contributed by atoms with Crippen LogP contribution in [0.4, 0.5) is 4.79 Å². The summed E-state index contributed by atoms with van der Waals surface area (Å²) in [4.78, 5) is 25.5. The Bertz CT molecular complexity index is 1180. The van der Waals surface area contributed by atoms with Crippen molar-refractivity contribution < 1.29 is 9.53 Å². The van der Waals surface area contributed by atoms with Gasteiger partial charge >= 0.3 is 6.09 Å². The zero-order chi connectivity index (χ0) is 25.6. The van der Waals surface area contributed by atoms with Gasteiger partial charge in [-0.3, -0.25) is 0 Å². The molecule has 1 amide bonds. The van der Waals surface area contributed by atoms with Gasteiger partial charge in [-0.1, -0.05) is 49.1 Å². The number of aromatic nitrogens is 1. The second-order valence-corrected chi connectivity index (χ2v) is 11.3. The minimum absolute atomic E-state index is 0.205. The first-order valence-corrected chi connectivity index (χ1v) is 14.6. The van der Waals surface area contributed by atoms with Gasteiger partial charge in [0.15, 0.2) is 0 Å². The SMILES string of the molecule is CCOC(=O)N1CCC(c2nc(-c3cccc(C)c3)c(C3=NC(NC4CCCCC4)=CCC=C3)s2)CC1. The van der Waals surface area contributed by atoms with Crippen molar-refractivity contribution >= 4 is 23.1 Å². The third-order valence-electron chi connectivity index (χ3n) is 7.46. The van der Waals surface area contributed by atoms with E-state index in [-0.39, 0.29) is 6.09 Å². The lowest BCUT2D eigenvalue weighted by Crippen LogP contribution is -2.38. The molecular weight excluding hydrogens is 480 g/mol. The van der Waals surface area contributed by atoms with Gasteiger partial charge in [0, 0.05) is 30.6 Å². The van der Waals surface area contributed by atoms with Gasteiger partial charge in [-0.05, 0) is 64.2 Å². The summed E-state index contributed by atoms with van der Waals surface area (Å²) in [6.07, 6.45) is 15.4. The first-order valence-electron chi connectivity index (χ1n) is 13.8. The number of amides is 1. The maximum Gasteiger partial charge on any atom is 0.409 e. The third-order valence-corrected chi connectivity index (χ3v) is 8.70. The molecule has 3 heterocycles. The van der Waals surface area contributed by atoms with E-state index in [4.69, 9.17) is 14.7 Å². The van der Waals surface area contributed by atoms with E-state index in [1.165, 1.54) is 37.7 Å². The number of benzene rings is 1. The molecule has 0 atom stereocenters. The Morgan fingerprint density at radius 1 is 1.16 bits per heavy atom. The molecule has 0 unspecified atom stereocenters. The summed E-state index contributed by atoms with van der Waals surface area (Å²) in [5.41, 5.74) is 4.35. The number of nitrogens with one attached hydrogen (secondary N) is 1. The molecule has 1 aromatic heterocycles. The number of carbonyl (C=O) groups is 1. The van der Waals surface area contributed by atoms with Gasteiger partial charge in [-0.25, -0.2) is 14.8 Å². The highest BCUT2D eigenvalue weighted by molar-refractivity contribution is 7.14. The molecule has 5 rings (SSSR count). The van der Waals surface area contributed by atoms with Crippen LogP contribution in [-0.4, -0.2) is 47.4 Å². The van der Waals surface area contributed by atoms with Crippen molar-refractivity contribution in [3.05, 3.63) is 63.8 Å².